The predicted molar refractivity (Wildman–Crippen MR) is 105 cm³/mol. The van der Waals surface area contributed by atoms with Gasteiger partial charge in [-0.3, -0.25) is 0 Å². The summed E-state index contributed by atoms with van der Waals surface area (Å²) in [6.07, 6.45) is 1.00. The first-order valence-corrected chi connectivity index (χ1v) is 8.58. The minimum atomic E-state index is 0.443. The topological polar surface area (TPSA) is 92.5 Å². The first kappa shape index (κ1) is 16.1. The Labute approximate surface area is 151 Å². The van der Waals surface area contributed by atoms with E-state index in [0.29, 0.717) is 11.8 Å². The molecule has 130 valence electrons. The van der Waals surface area contributed by atoms with Crippen molar-refractivity contribution in [3.05, 3.63) is 59.8 Å². The number of aromatic nitrogens is 4. The lowest BCUT2D eigenvalue weighted by Gasteiger charge is -2.06. The second-order valence-electron chi connectivity index (χ2n) is 6.25. The maximum Gasteiger partial charge on any atom is 0.229 e. The summed E-state index contributed by atoms with van der Waals surface area (Å²) in [6, 6.07) is 16.1. The maximum absolute atomic E-state index is 5.79. The highest BCUT2D eigenvalue weighted by Crippen LogP contribution is 2.25. The number of nitrogens with two attached hydrogens (primary N) is 1. The van der Waals surface area contributed by atoms with Gasteiger partial charge in [0.1, 0.15) is 11.6 Å². The molecule has 0 atom stereocenters. The van der Waals surface area contributed by atoms with E-state index in [4.69, 9.17) is 10.7 Å². The smallest absolute Gasteiger partial charge is 0.229 e. The molecular weight excluding hydrogens is 324 g/mol. The van der Waals surface area contributed by atoms with Gasteiger partial charge in [0.2, 0.25) is 5.95 Å². The third-order valence-corrected chi connectivity index (χ3v) is 4.22. The van der Waals surface area contributed by atoms with Crippen molar-refractivity contribution in [2.24, 2.45) is 0 Å². The molecule has 2 aromatic heterocycles. The Balaban J connectivity index is 1.67. The Morgan fingerprint density at radius 2 is 1.92 bits per heavy atom. The summed E-state index contributed by atoms with van der Waals surface area (Å²) in [4.78, 5) is 16.7. The first-order valence-electron chi connectivity index (χ1n) is 8.58. The molecular formula is C20H20N6. The van der Waals surface area contributed by atoms with E-state index in [0.717, 1.165) is 40.2 Å². The largest absolute Gasteiger partial charge is 0.384 e. The van der Waals surface area contributed by atoms with Crippen LogP contribution >= 0.6 is 0 Å². The Morgan fingerprint density at radius 1 is 1.04 bits per heavy atom. The van der Waals surface area contributed by atoms with Crippen molar-refractivity contribution in [1.82, 2.24) is 19.9 Å². The van der Waals surface area contributed by atoms with Crippen LogP contribution in [-0.4, -0.2) is 19.9 Å². The minimum Gasteiger partial charge on any atom is -0.384 e. The number of hydrogen-bond donors (Lipinski definition) is 3. The molecule has 0 radical (unpaired) electrons. The lowest BCUT2D eigenvalue weighted by molar-refractivity contribution is 1.11. The second-order valence-corrected chi connectivity index (χ2v) is 6.25. The Bertz CT molecular complexity index is 1060. The van der Waals surface area contributed by atoms with E-state index in [-0.39, 0.29) is 0 Å². The third kappa shape index (κ3) is 3.21. The summed E-state index contributed by atoms with van der Waals surface area (Å²) in [7, 11) is 0. The molecule has 0 spiro atoms. The van der Waals surface area contributed by atoms with Gasteiger partial charge in [0, 0.05) is 23.0 Å². The summed E-state index contributed by atoms with van der Waals surface area (Å²) in [5, 5.41) is 3.19. The second kappa shape index (κ2) is 6.48. The van der Waals surface area contributed by atoms with Gasteiger partial charge in [-0.05, 0) is 43.2 Å². The minimum absolute atomic E-state index is 0.443. The molecule has 0 aliphatic carbocycles. The van der Waals surface area contributed by atoms with Crippen LogP contribution in [0.5, 0.6) is 0 Å². The van der Waals surface area contributed by atoms with Gasteiger partial charge in [0.25, 0.3) is 0 Å². The van der Waals surface area contributed by atoms with Gasteiger partial charge >= 0.3 is 0 Å². The summed E-state index contributed by atoms with van der Waals surface area (Å²) in [6.45, 7) is 4.03. The van der Waals surface area contributed by atoms with Crippen LogP contribution in [0.4, 0.5) is 17.5 Å². The molecule has 26 heavy (non-hydrogen) atoms. The van der Waals surface area contributed by atoms with Crippen LogP contribution < -0.4 is 11.1 Å². The molecule has 2 aromatic carbocycles. The number of hydrogen-bond acceptors (Lipinski definition) is 5. The third-order valence-electron chi connectivity index (χ3n) is 4.22. The number of imidazole rings is 1. The fourth-order valence-electron chi connectivity index (χ4n) is 2.94. The van der Waals surface area contributed by atoms with Gasteiger partial charge in [-0.1, -0.05) is 25.1 Å². The number of aryl methyl sites for hydroxylation is 2. The SMILES string of the molecule is CCc1cccc(-c2nc3cc(Nc4nc(C)cc(N)n4)ccc3[nH]2)c1. The van der Waals surface area contributed by atoms with Gasteiger partial charge in [-0.2, -0.15) is 4.98 Å². The molecule has 0 amide bonds. The lowest BCUT2D eigenvalue weighted by Crippen LogP contribution is -2.01. The normalized spacial score (nSPS) is 11.0. The van der Waals surface area contributed by atoms with Gasteiger partial charge in [-0.15, -0.1) is 0 Å². The highest BCUT2D eigenvalue weighted by Gasteiger charge is 2.08. The molecule has 0 saturated carbocycles. The van der Waals surface area contributed by atoms with Crippen molar-refractivity contribution >= 4 is 28.5 Å². The Hall–Kier alpha value is -3.41. The monoisotopic (exact) mass is 344 g/mol. The fourth-order valence-corrected chi connectivity index (χ4v) is 2.94. The summed E-state index contributed by atoms with van der Waals surface area (Å²) in [5.74, 6) is 1.79. The molecule has 4 aromatic rings. The van der Waals surface area contributed by atoms with Crippen molar-refractivity contribution in [3.63, 3.8) is 0 Å². The standard InChI is InChI=1S/C20H20N6/c1-3-13-5-4-6-14(10-13)19-24-16-8-7-15(11-17(16)25-19)23-20-22-12(2)9-18(21)26-20/h4-11H,3H2,1-2H3,(H,24,25)(H3,21,22,23,26). The van der Waals surface area contributed by atoms with Crippen molar-refractivity contribution in [3.8, 4) is 11.4 Å². The van der Waals surface area contributed by atoms with Crippen molar-refractivity contribution in [1.29, 1.82) is 0 Å². The molecule has 0 aliphatic rings. The molecule has 0 aliphatic heterocycles. The number of rotatable bonds is 4. The van der Waals surface area contributed by atoms with E-state index in [1.165, 1.54) is 5.56 Å². The first-order chi connectivity index (χ1) is 12.6. The highest BCUT2D eigenvalue weighted by molar-refractivity contribution is 5.83. The Kier molecular flexibility index (Phi) is 4.01. The summed E-state index contributed by atoms with van der Waals surface area (Å²) in [5.41, 5.74) is 11.7. The molecule has 0 fully saturated rings. The number of fused-ring (bicyclic) bond motifs is 1. The van der Waals surface area contributed by atoms with E-state index in [1.807, 2.05) is 25.1 Å². The van der Waals surface area contributed by atoms with Gasteiger partial charge in [0.05, 0.1) is 11.0 Å². The van der Waals surface area contributed by atoms with Crippen molar-refractivity contribution < 1.29 is 0 Å². The molecule has 6 heteroatoms. The zero-order valence-corrected chi connectivity index (χ0v) is 14.7. The summed E-state index contributed by atoms with van der Waals surface area (Å²) < 4.78 is 0. The van der Waals surface area contributed by atoms with E-state index >= 15 is 0 Å². The van der Waals surface area contributed by atoms with Gasteiger partial charge < -0.3 is 16.0 Å². The van der Waals surface area contributed by atoms with Crippen LogP contribution in [0.2, 0.25) is 0 Å². The van der Waals surface area contributed by atoms with Crippen LogP contribution in [0, 0.1) is 6.92 Å². The van der Waals surface area contributed by atoms with E-state index < -0.39 is 0 Å². The number of benzene rings is 2. The van der Waals surface area contributed by atoms with E-state index in [9.17, 15) is 0 Å². The molecule has 4 rings (SSSR count). The maximum atomic E-state index is 5.79. The summed E-state index contributed by atoms with van der Waals surface area (Å²) >= 11 is 0. The van der Waals surface area contributed by atoms with Crippen LogP contribution in [0.1, 0.15) is 18.2 Å². The predicted octanol–water partition coefficient (Wildman–Crippen LogP) is 4.22. The Morgan fingerprint density at radius 3 is 2.73 bits per heavy atom. The molecule has 0 unspecified atom stereocenters. The van der Waals surface area contributed by atoms with Gasteiger partial charge in [0.15, 0.2) is 0 Å². The van der Waals surface area contributed by atoms with Crippen molar-refractivity contribution in [2.75, 3.05) is 11.1 Å². The molecule has 0 saturated heterocycles. The average Bonchev–Trinajstić information content (AvgIpc) is 3.04. The number of anilines is 3. The number of nitrogen functional groups attached to an aromatic ring is 1. The lowest BCUT2D eigenvalue weighted by atomic mass is 10.1. The molecule has 4 N–H and O–H groups in total. The molecule has 2 heterocycles. The van der Waals surface area contributed by atoms with Gasteiger partial charge in [-0.25, -0.2) is 9.97 Å². The van der Waals surface area contributed by atoms with E-state index in [1.54, 1.807) is 6.07 Å². The number of nitrogens with one attached hydrogen (secondary N) is 2. The van der Waals surface area contributed by atoms with Crippen LogP contribution in [0.3, 0.4) is 0 Å². The van der Waals surface area contributed by atoms with Crippen LogP contribution in [0.15, 0.2) is 48.5 Å². The van der Waals surface area contributed by atoms with Crippen LogP contribution in [0.25, 0.3) is 22.4 Å². The average molecular weight is 344 g/mol. The van der Waals surface area contributed by atoms with Crippen molar-refractivity contribution in [2.45, 2.75) is 20.3 Å². The zero-order valence-electron chi connectivity index (χ0n) is 14.7. The fraction of sp³-hybridized carbons (Fsp3) is 0.150. The molecule has 0 bridgehead atoms. The van der Waals surface area contributed by atoms with Crippen LogP contribution in [-0.2, 0) is 6.42 Å². The zero-order chi connectivity index (χ0) is 18.1. The van der Waals surface area contributed by atoms with E-state index in [2.05, 4.69) is 51.5 Å². The number of H-pyrrole nitrogens is 1. The number of nitrogens with zero attached hydrogens (tertiary/aromatic N) is 3. The quantitative estimate of drug-likeness (QED) is 0.515. The number of aromatic amines is 1. The highest BCUT2D eigenvalue weighted by atomic mass is 15.1. The molecule has 6 nitrogen and oxygen atoms in total.